The van der Waals surface area contributed by atoms with Crippen molar-refractivity contribution in [3.05, 3.63) is 68.7 Å². The molecule has 0 aliphatic heterocycles. The van der Waals surface area contributed by atoms with Gasteiger partial charge in [-0.3, -0.25) is 14.9 Å². The number of carbonyl (C=O) groups is 1. The number of nitro groups is 1. The third-order valence-electron chi connectivity index (χ3n) is 4.94. The maximum Gasteiger partial charge on any atom is 0.288 e. The van der Waals surface area contributed by atoms with Crippen molar-refractivity contribution in [1.29, 1.82) is 0 Å². The zero-order valence-corrected chi connectivity index (χ0v) is 20.9. The number of halogens is 1. The maximum absolute atomic E-state index is 12.2. The summed E-state index contributed by atoms with van der Waals surface area (Å²) in [6.07, 6.45) is 1.32. The van der Waals surface area contributed by atoms with Crippen molar-refractivity contribution in [2.24, 2.45) is 5.10 Å². The Kier molecular flexibility index (Phi) is 8.06. The number of aromatic nitrogens is 3. The summed E-state index contributed by atoms with van der Waals surface area (Å²) < 4.78 is 1.96. The van der Waals surface area contributed by atoms with E-state index in [4.69, 9.17) is 11.6 Å². The highest BCUT2D eigenvalue weighted by Crippen LogP contribution is 2.28. The molecule has 0 unspecified atom stereocenters. The number of rotatable bonds is 8. The average Bonchev–Trinajstić information content (AvgIpc) is 3.21. The molecule has 11 heteroatoms. The highest BCUT2D eigenvalue weighted by molar-refractivity contribution is 7.99. The van der Waals surface area contributed by atoms with Crippen molar-refractivity contribution >= 4 is 41.2 Å². The summed E-state index contributed by atoms with van der Waals surface area (Å²) >= 11 is 7.05. The Balaban J connectivity index is 1.62. The lowest BCUT2D eigenvalue weighted by atomic mass is 9.87. The molecule has 9 nitrogen and oxygen atoms in total. The van der Waals surface area contributed by atoms with Crippen LogP contribution in [0.3, 0.4) is 0 Å². The van der Waals surface area contributed by atoms with E-state index >= 15 is 0 Å². The Bertz CT molecular complexity index is 1220. The Morgan fingerprint density at radius 2 is 1.94 bits per heavy atom. The summed E-state index contributed by atoms with van der Waals surface area (Å²) in [5, 5.41) is 24.1. The van der Waals surface area contributed by atoms with Gasteiger partial charge < -0.3 is 4.57 Å². The van der Waals surface area contributed by atoms with Gasteiger partial charge in [0.2, 0.25) is 0 Å². The molecule has 3 aromatic rings. The fourth-order valence-electron chi connectivity index (χ4n) is 3.10. The van der Waals surface area contributed by atoms with Crippen LogP contribution in [0.5, 0.6) is 0 Å². The predicted molar refractivity (Wildman–Crippen MR) is 134 cm³/mol. The van der Waals surface area contributed by atoms with Crippen LogP contribution in [0.4, 0.5) is 5.69 Å². The first-order valence-corrected chi connectivity index (χ1v) is 11.9. The van der Waals surface area contributed by atoms with Crippen LogP contribution in [-0.4, -0.2) is 37.6 Å². The molecule has 0 bridgehead atoms. The van der Waals surface area contributed by atoms with Gasteiger partial charge in [-0.2, -0.15) is 5.10 Å². The fourth-order valence-corrected chi connectivity index (χ4v) is 4.09. The molecule has 0 saturated carbocycles. The van der Waals surface area contributed by atoms with Crippen LogP contribution in [0.1, 0.15) is 38.8 Å². The number of nitrogens with zero attached hydrogens (tertiary/aromatic N) is 5. The van der Waals surface area contributed by atoms with E-state index in [1.165, 1.54) is 35.7 Å². The predicted octanol–water partition coefficient (Wildman–Crippen LogP) is 5.07. The summed E-state index contributed by atoms with van der Waals surface area (Å²) in [4.78, 5) is 22.6. The van der Waals surface area contributed by atoms with Gasteiger partial charge in [0.15, 0.2) is 11.0 Å². The molecule has 1 N–H and O–H groups in total. The van der Waals surface area contributed by atoms with E-state index in [-0.39, 0.29) is 27.8 Å². The second kappa shape index (κ2) is 10.8. The molecule has 178 valence electrons. The van der Waals surface area contributed by atoms with E-state index in [2.05, 4.69) is 53.6 Å². The first-order chi connectivity index (χ1) is 16.1. The SMILES string of the molecule is CCn1c(SCC(=O)N/N=C/c2ccc(Cl)c([N+](=O)[O-])c2)nnc1-c1ccc(C(C)(C)C)cc1. The van der Waals surface area contributed by atoms with Gasteiger partial charge in [0.05, 0.1) is 16.9 Å². The highest BCUT2D eigenvalue weighted by atomic mass is 35.5. The summed E-state index contributed by atoms with van der Waals surface area (Å²) in [5.41, 5.74) is 4.88. The number of nitro benzene ring substituents is 1. The van der Waals surface area contributed by atoms with Crippen molar-refractivity contribution in [1.82, 2.24) is 20.2 Å². The molecule has 0 atom stereocenters. The minimum absolute atomic E-state index is 0.0344. The van der Waals surface area contributed by atoms with Crippen molar-refractivity contribution in [3.63, 3.8) is 0 Å². The molecular weight excluding hydrogens is 476 g/mol. The second-order valence-corrected chi connectivity index (χ2v) is 9.78. The lowest BCUT2D eigenvalue weighted by Crippen LogP contribution is -2.20. The molecule has 1 aromatic heterocycles. The number of benzene rings is 2. The Hall–Kier alpha value is -3.24. The van der Waals surface area contributed by atoms with E-state index in [9.17, 15) is 14.9 Å². The molecule has 0 spiro atoms. The number of nitrogens with one attached hydrogen (secondary N) is 1. The van der Waals surface area contributed by atoms with Crippen LogP contribution in [0.25, 0.3) is 11.4 Å². The summed E-state index contributed by atoms with van der Waals surface area (Å²) in [7, 11) is 0. The average molecular weight is 501 g/mol. The van der Waals surface area contributed by atoms with Crippen LogP contribution in [0.15, 0.2) is 52.7 Å². The minimum atomic E-state index is -0.577. The van der Waals surface area contributed by atoms with Crippen molar-refractivity contribution in [3.8, 4) is 11.4 Å². The lowest BCUT2D eigenvalue weighted by Gasteiger charge is -2.19. The zero-order chi connectivity index (χ0) is 24.9. The standard InChI is InChI=1S/C23H25ClN6O3S/c1-5-29-21(16-7-9-17(10-8-16)23(2,3)4)27-28-22(29)34-14-20(31)26-25-13-15-6-11-18(24)19(12-15)30(32)33/h6-13H,5,14H2,1-4H3,(H,26,31)/b25-13+. The van der Waals surface area contributed by atoms with Crippen LogP contribution in [0.2, 0.25) is 5.02 Å². The molecule has 0 saturated heterocycles. The van der Waals surface area contributed by atoms with E-state index in [1.807, 2.05) is 23.6 Å². The van der Waals surface area contributed by atoms with Crippen LogP contribution in [0, 0.1) is 10.1 Å². The molecule has 3 rings (SSSR count). The second-order valence-electron chi connectivity index (χ2n) is 8.43. The summed E-state index contributed by atoms with van der Waals surface area (Å²) in [5.74, 6) is 0.485. The van der Waals surface area contributed by atoms with Crippen molar-refractivity contribution in [2.75, 3.05) is 5.75 Å². The molecule has 2 aromatic carbocycles. The van der Waals surface area contributed by atoms with E-state index < -0.39 is 4.92 Å². The van der Waals surface area contributed by atoms with E-state index in [0.717, 1.165) is 11.4 Å². The van der Waals surface area contributed by atoms with Gasteiger partial charge >= 0.3 is 0 Å². The first kappa shape index (κ1) is 25.4. The van der Waals surface area contributed by atoms with Crippen molar-refractivity contribution in [2.45, 2.75) is 44.8 Å². The molecule has 0 aliphatic rings. The lowest BCUT2D eigenvalue weighted by molar-refractivity contribution is -0.384. The zero-order valence-electron chi connectivity index (χ0n) is 19.3. The number of carbonyl (C=O) groups excluding carboxylic acids is 1. The van der Waals surface area contributed by atoms with E-state index in [0.29, 0.717) is 17.3 Å². The van der Waals surface area contributed by atoms with Gasteiger partial charge in [-0.25, -0.2) is 5.43 Å². The highest BCUT2D eigenvalue weighted by Gasteiger charge is 2.17. The Morgan fingerprint density at radius 3 is 2.56 bits per heavy atom. The molecule has 34 heavy (non-hydrogen) atoms. The van der Waals surface area contributed by atoms with Gasteiger partial charge in [-0.1, -0.05) is 74.5 Å². The van der Waals surface area contributed by atoms with Gasteiger partial charge in [0.1, 0.15) is 5.02 Å². The number of hydrogen-bond acceptors (Lipinski definition) is 7. The van der Waals surface area contributed by atoms with Crippen LogP contribution in [-0.2, 0) is 16.8 Å². The van der Waals surface area contributed by atoms with Gasteiger partial charge in [0.25, 0.3) is 11.6 Å². The third kappa shape index (κ3) is 6.21. The normalized spacial score (nSPS) is 11.7. The number of hydrazone groups is 1. The van der Waals surface area contributed by atoms with Gasteiger partial charge in [0, 0.05) is 23.7 Å². The van der Waals surface area contributed by atoms with Gasteiger partial charge in [-0.05, 0) is 24.0 Å². The molecule has 1 amide bonds. The van der Waals surface area contributed by atoms with Crippen LogP contribution < -0.4 is 5.43 Å². The molecule has 0 fully saturated rings. The summed E-state index contributed by atoms with van der Waals surface area (Å²) in [6.45, 7) is 9.15. The number of amides is 1. The number of thioether (sulfide) groups is 1. The smallest absolute Gasteiger partial charge is 0.288 e. The summed E-state index contributed by atoms with van der Waals surface area (Å²) in [6, 6.07) is 12.5. The minimum Gasteiger partial charge on any atom is -0.302 e. The molecule has 0 radical (unpaired) electrons. The third-order valence-corrected chi connectivity index (χ3v) is 6.23. The van der Waals surface area contributed by atoms with Crippen LogP contribution >= 0.6 is 23.4 Å². The molecular formula is C23H25ClN6O3S. The van der Waals surface area contributed by atoms with Gasteiger partial charge in [-0.15, -0.1) is 10.2 Å². The topological polar surface area (TPSA) is 115 Å². The monoisotopic (exact) mass is 500 g/mol. The molecule has 0 aliphatic carbocycles. The Labute approximate surface area is 206 Å². The quantitative estimate of drug-likeness (QED) is 0.200. The maximum atomic E-state index is 12.2. The number of hydrogen-bond donors (Lipinski definition) is 1. The fraction of sp³-hybridized carbons (Fsp3) is 0.304. The van der Waals surface area contributed by atoms with E-state index in [1.54, 1.807) is 6.07 Å². The Morgan fingerprint density at radius 1 is 1.24 bits per heavy atom. The largest absolute Gasteiger partial charge is 0.302 e. The first-order valence-electron chi connectivity index (χ1n) is 10.5. The molecule has 1 heterocycles. The van der Waals surface area contributed by atoms with Crippen molar-refractivity contribution < 1.29 is 9.72 Å².